The van der Waals surface area contributed by atoms with Gasteiger partial charge in [-0.25, -0.2) is 9.59 Å². The molecule has 3 aliphatic heterocycles. The van der Waals surface area contributed by atoms with E-state index in [2.05, 4.69) is 10.6 Å². The van der Waals surface area contributed by atoms with Crippen LogP contribution in [-0.2, 0) is 95.2 Å². The molecule has 0 aromatic rings. The molecule has 360 valence electrons. The summed E-state index contributed by atoms with van der Waals surface area (Å²) in [5, 5.41) is 5.18. The van der Waals surface area contributed by atoms with Crippen LogP contribution < -0.4 is 10.6 Å². The Morgan fingerprint density at radius 1 is 0.406 bits per heavy atom. The summed E-state index contributed by atoms with van der Waals surface area (Å²) in [6.07, 6.45) is -14.7. The van der Waals surface area contributed by atoms with Crippen molar-refractivity contribution in [3.8, 4) is 0 Å². The first-order chi connectivity index (χ1) is 30.2. The summed E-state index contributed by atoms with van der Waals surface area (Å²) in [7, 11) is 0. The SMILES string of the molecule is CC(=O)OC[C@H]1O[C@@H](NC(=O)N2CCOCCN(C(=O)N[C@@H]3O[C@H](COC(C)=O)[C@@H](OC(C)=O)[C@H](OC(C)=O)[C@H]3OC(C)=O)CCOCC2)[C@H](OC(C)=O)[C@@H](OC(C)=O)[C@@H]1OC(C)=O. The van der Waals surface area contributed by atoms with Crippen molar-refractivity contribution < 1.29 is 105 Å². The van der Waals surface area contributed by atoms with E-state index in [0.717, 1.165) is 55.4 Å². The van der Waals surface area contributed by atoms with Crippen LogP contribution in [0.1, 0.15) is 55.4 Å². The molecule has 0 bridgehead atoms. The van der Waals surface area contributed by atoms with Gasteiger partial charge in [-0.2, -0.15) is 0 Å². The number of carbonyl (C=O) groups is 10. The molecule has 64 heavy (non-hydrogen) atoms. The Bertz CT molecular complexity index is 1560. The third-order valence-corrected chi connectivity index (χ3v) is 9.11. The van der Waals surface area contributed by atoms with E-state index in [1.54, 1.807) is 0 Å². The van der Waals surface area contributed by atoms with Crippen LogP contribution in [0.4, 0.5) is 9.59 Å². The predicted octanol–water partition coefficient (Wildman–Crippen LogP) is -1.78. The molecular formula is C38H56N4O22. The summed E-state index contributed by atoms with van der Waals surface area (Å²) in [5.41, 5.74) is 0. The number of esters is 8. The number of urea groups is 2. The Balaban J connectivity index is 1.76. The minimum absolute atomic E-state index is 0.0581. The number of rotatable bonds is 12. The molecule has 0 aliphatic carbocycles. The lowest BCUT2D eigenvalue weighted by atomic mass is 9.97. The smallest absolute Gasteiger partial charge is 0.319 e. The van der Waals surface area contributed by atoms with Crippen molar-refractivity contribution in [3.63, 3.8) is 0 Å². The van der Waals surface area contributed by atoms with Crippen LogP contribution in [0.15, 0.2) is 0 Å². The molecule has 2 N–H and O–H groups in total. The van der Waals surface area contributed by atoms with E-state index >= 15 is 0 Å². The zero-order valence-electron chi connectivity index (χ0n) is 36.7. The standard InChI is InChI=1S/C38H56N4O22/c1-19(43)55-17-27-29(57-21(3)45)31(59-23(5)47)33(61-25(7)49)35(63-27)39-37(51)41-9-13-53-15-11-42(12-16-54-14-10-41)38(52)40-36-34(62-26(8)50)32(60-24(6)48)30(58-22(4)46)28(64-36)18-56-20(2)44/h27-36H,9-18H2,1-8H3,(H,39,51)(H,40,52)/t27-,28-,29-,30-,31+,32+,33-,34-,35-,36-/m1/s1. The summed E-state index contributed by atoms with van der Waals surface area (Å²) >= 11 is 0. The van der Waals surface area contributed by atoms with Crippen LogP contribution in [0.2, 0.25) is 0 Å². The number of nitrogens with zero attached hydrogens (tertiary/aromatic N) is 2. The van der Waals surface area contributed by atoms with Gasteiger partial charge in [0, 0.05) is 81.6 Å². The van der Waals surface area contributed by atoms with Crippen LogP contribution in [-0.4, -0.2) is 197 Å². The fourth-order valence-corrected chi connectivity index (χ4v) is 6.65. The van der Waals surface area contributed by atoms with Crippen LogP contribution >= 0.6 is 0 Å². The van der Waals surface area contributed by atoms with E-state index in [1.807, 2.05) is 0 Å². The molecule has 3 saturated heterocycles. The first-order valence-corrected chi connectivity index (χ1v) is 20.0. The third-order valence-electron chi connectivity index (χ3n) is 9.11. The minimum Gasteiger partial charge on any atom is -0.463 e. The van der Waals surface area contributed by atoms with Gasteiger partial charge in [-0.15, -0.1) is 0 Å². The van der Waals surface area contributed by atoms with Gasteiger partial charge < -0.3 is 77.3 Å². The number of carbonyl (C=O) groups excluding carboxylic acids is 10. The third kappa shape index (κ3) is 17.0. The van der Waals surface area contributed by atoms with Gasteiger partial charge in [0.05, 0.1) is 26.4 Å². The number of nitrogens with one attached hydrogen (secondary N) is 2. The quantitative estimate of drug-likeness (QED) is 0.161. The van der Waals surface area contributed by atoms with E-state index in [9.17, 15) is 47.9 Å². The molecule has 3 heterocycles. The lowest BCUT2D eigenvalue weighted by Gasteiger charge is -2.44. The highest BCUT2D eigenvalue weighted by Crippen LogP contribution is 2.30. The molecule has 26 nitrogen and oxygen atoms in total. The average Bonchev–Trinajstić information content (AvgIpc) is 3.17. The van der Waals surface area contributed by atoms with Crippen molar-refractivity contribution in [1.29, 1.82) is 0 Å². The van der Waals surface area contributed by atoms with Gasteiger partial charge in [0.25, 0.3) is 0 Å². The molecule has 3 fully saturated rings. The van der Waals surface area contributed by atoms with Gasteiger partial charge in [-0.1, -0.05) is 0 Å². The second kappa shape index (κ2) is 25.4. The van der Waals surface area contributed by atoms with Gasteiger partial charge in [-0.3, -0.25) is 38.4 Å². The Labute approximate surface area is 367 Å². The monoisotopic (exact) mass is 920 g/mol. The highest BCUT2D eigenvalue weighted by Gasteiger charge is 2.54. The van der Waals surface area contributed by atoms with Crippen LogP contribution in [0.25, 0.3) is 0 Å². The average molecular weight is 921 g/mol. The molecule has 0 unspecified atom stereocenters. The normalized spacial score (nSPS) is 27.6. The van der Waals surface area contributed by atoms with Crippen molar-refractivity contribution in [2.45, 2.75) is 117 Å². The van der Waals surface area contributed by atoms with Crippen LogP contribution in [0.5, 0.6) is 0 Å². The summed E-state index contributed by atoms with van der Waals surface area (Å²) in [6.45, 7) is 7.04. The van der Waals surface area contributed by atoms with Gasteiger partial charge in [0.15, 0.2) is 49.1 Å². The lowest BCUT2D eigenvalue weighted by Crippen LogP contribution is -2.67. The zero-order valence-corrected chi connectivity index (χ0v) is 36.7. The van der Waals surface area contributed by atoms with Gasteiger partial charge in [0.1, 0.15) is 25.4 Å². The first kappa shape index (κ1) is 52.5. The number of ether oxygens (including phenoxy) is 12. The molecule has 0 saturated carbocycles. The van der Waals surface area contributed by atoms with E-state index in [-0.39, 0.29) is 52.6 Å². The van der Waals surface area contributed by atoms with E-state index in [0.29, 0.717) is 0 Å². The molecule has 0 aromatic heterocycles. The fourth-order valence-electron chi connectivity index (χ4n) is 6.65. The van der Waals surface area contributed by atoms with Crippen LogP contribution in [0.3, 0.4) is 0 Å². The van der Waals surface area contributed by atoms with Gasteiger partial charge in [0.2, 0.25) is 0 Å². The van der Waals surface area contributed by atoms with E-state index < -0.39 is 134 Å². The highest BCUT2D eigenvalue weighted by molar-refractivity contribution is 5.76. The molecule has 0 aromatic carbocycles. The molecule has 4 amide bonds. The molecule has 10 atom stereocenters. The van der Waals surface area contributed by atoms with Crippen molar-refractivity contribution in [3.05, 3.63) is 0 Å². The summed E-state index contributed by atoms with van der Waals surface area (Å²) in [4.78, 5) is 126. The maximum Gasteiger partial charge on any atom is 0.319 e. The number of amides is 4. The van der Waals surface area contributed by atoms with Crippen molar-refractivity contribution in [2.75, 3.05) is 65.8 Å². The Kier molecular flexibility index (Phi) is 20.9. The molecule has 3 aliphatic rings. The topological polar surface area (TPSA) is 312 Å². The van der Waals surface area contributed by atoms with Gasteiger partial charge in [-0.05, 0) is 0 Å². The van der Waals surface area contributed by atoms with Gasteiger partial charge >= 0.3 is 59.8 Å². The molecule has 0 radical (unpaired) electrons. The molecule has 0 spiro atoms. The molecule has 26 heteroatoms. The summed E-state index contributed by atoms with van der Waals surface area (Å²) < 4.78 is 66.1. The van der Waals surface area contributed by atoms with Crippen molar-refractivity contribution >= 4 is 59.8 Å². The van der Waals surface area contributed by atoms with Crippen LogP contribution in [0, 0.1) is 0 Å². The zero-order chi connectivity index (χ0) is 47.7. The maximum atomic E-state index is 13.8. The Morgan fingerprint density at radius 3 is 0.938 bits per heavy atom. The Morgan fingerprint density at radius 2 is 0.672 bits per heavy atom. The second-order valence-corrected chi connectivity index (χ2v) is 14.3. The largest absolute Gasteiger partial charge is 0.463 e. The first-order valence-electron chi connectivity index (χ1n) is 20.0. The second-order valence-electron chi connectivity index (χ2n) is 14.3. The van der Waals surface area contributed by atoms with E-state index in [1.165, 1.54) is 9.80 Å². The maximum absolute atomic E-state index is 13.8. The highest BCUT2D eigenvalue weighted by atomic mass is 16.7. The molecular weight excluding hydrogens is 864 g/mol. The minimum atomic E-state index is -1.55. The van der Waals surface area contributed by atoms with Crippen molar-refractivity contribution in [1.82, 2.24) is 20.4 Å². The van der Waals surface area contributed by atoms with E-state index in [4.69, 9.17) is 56.8 Å². The van der Waals surface area contributed by atoms with Crippen molar-refractivity contribution in [2.24, 2.45) is 0 Å². The fraction of sp³-hybridized carbons (Fsp3) is 0.737. The number of hydrogen-bond donors (Lipinski definition) is 2. The predicted molar refractivity (Wildman–Crippen MR) is 206 cm³/mol. The summed E-state index contributed by atoms with van der Waals surface area (Å²) in [6, 6.07) is -1.56. The summed E-state index contributed by atoms with van der Waals surface area (Å²) in [5.74, 6) is -6.53. The molecule has 3 rings (SSSR count). The number of hydrogen-bond acceptors (Lipinski definition) is 22. The Hall–Kier alpha value is -5.86. The lowest BCUT2D eigenvalue weighted by molar-refractivity contribution is -0.255.